The monoisotopic (exact) mass is 408 g/mol. The van der Waals surface area contributed by atoms with Crippen molar-refractivity contribution < 1.29 is 23.5 Å². The largest absolute Gasteiger partial charge is 0.478 e. The maximum Gasteiger partial charge on any atom is 0.412 e. The summed E-state index contributed by atoms with van der Waals surface area (Å²) in [7, 11) is 0. The third-order valence-corrected chi connectivity index (χ3v) is 4.41. The molecule has 28 heavy (non-hydrogen) atoms. The van der Waals surface area contributed by atoms with Crippen molar-refractivity contribution >= 4 is 34.2 Å². The molecule has 150 valence electrons. The Kier molecular flexibility index (Phi) is 7.44. The molecule has 1 atom stereocenters. The molecule has 2 rings (SSSR count). The van der Waals surface area contributed by atoms with Gasteiger partial charge in [0.2, 0.25) is 0 Å². The van der Waals surface area contributed by atoms with Gasteiger partial charge >= 0.3 is 6.09 Å². The van der Waals surface area contributed by atoms with Crippen LogP contribution in [0.4, 0.5) is 14.2 Å². The number of aromatic nitrogens is 1. The molecule has 2 amide bonds. The molecule has 0 unspecified atom stereocenters. The molecule has 1 aromatic carbocycles. The number of ether oxygens (including phenoxy) is 2. The molecule has 1 heterocycles. The Labute approximate surface area is 165 Å². The van der Waals surface area contributed by atoms with E-state index >= 15 is 0 Å². The molecular weight excluding hydrogens is 387 g/mol. The Bertz CT molecular complexity index is 884. The number of aryl methyl sites for hydroxylation is 1. The molecule has 0 aliphatic carbocycles. The Morgan fingerprint density at radius 3 is 2.75 bits per heavy atom. The second-order valence-corrected chi connectivity index (χ2v) is 6.45. The zero-order chi connectivity index (χ0) is 20.7. The van der Waals surface area contributed by atoms with Gasteiger partial charge in [0.15, 0.2) is 17.7 Å². The van der Waals surface area contributed by atoms with Crippen LogP contribution in [0.2, 0.25) is 0 Å². The van der Waals surface area contributed by atoms with Crippen LogP contribution in [0.25, 0.3) is 0 Å². The fourth-order valence-electron chi connectivity index (χ4n) is 2.21. The summed E-state index contributed by atoms with van der Waals surface area (Å²) >= 11 is 1.08. The van der Waals surface area contributed by atoms with E-state index in [1.165, 1.54) is 25.1 Å². The zero-order valence-corrected chi connectivity index (χ0v) is 16.7. The van der Waals surface area contributed by atoms with Crippen LogP contribution in [-0.2, 0) is 9.53 Å². The number of rotatable bonds is 7. The van der Waals surface area contributed by atoms with E-state index in [9.17, 15) is 14.0 Å². The first-order valence-corrected chi connectivity index (χ1v) is 9.26. The van der Waals surface area contributed by atoms with Crippen LogP contribution in [0.3, 0.4) is 0 Å². The van der Waals surface area contributed by atoms with E-state index in [1.807, 2.05) is 0 Å². The maximum atomic E-state index is 13.6. The molecule has 0 saturated heterocycles. The summed E-state index contributed by atoms with van der Waals surface area (Å²) < 4.78 is 28.0. The first-order chi connectivity index (χ1) is 13.3. The number of nitrogens with zero attached hydrogens (tertiary/aromatic N) is 2. The summed E-state index contributed by atoms with van der Waals surface area (Å²) in [5.41, 5.74) is 4.04. The molecule has 1 aromatic heterocycles. The normalized spacial score (nSPS) is 12.2. The van der Waals surface area contributed by atoms with Gasteiger partial charge in [-0.25, -0.2) is 14.6 Å². The zero-order valence-electron chi connectivity index (χ0n) is 15.9. The van der Waals surface area contributed by atoms with E-state index in [1.54, 1.807) is 26.8 Å². The molecule has 0 spiro atoms. The number of amides is 2. The highest BCUT2D eigenvalue weighted by molar-refractivity contribution is 7.11. The lowest BCUT2D eigenvalue weighted by molar-refractivity contribution is -0.127. The fraction of sp³-hybridized carbons (Fsp3) is 0.333. The van der Waals surface area contributed by atoms with Crippen LogP contribution >= 0.6 is 11.5 Å². The molecule has 10 heteroatoms. The van der Waals surface area contributed by atoms with E-state index in [2.05, 4.69) is 20.2 Å². The van der Waals surface area contributed by atoms with E-state index in [-0.39, 0.29) is 12.4 Å². The first-order valence-electron chi connectivity index (χ1n) is 8.49. The van der Waals surface area contributed by atoms with Gasteiger partial charge in [-0.1, -0.05) is 12.1 Å². The third-order valence-electron chi connectivity index (χ3n) is 3.56. The van der Waals surface area contributed by atoms with E-state index in [4.69, 9.17) is 9.47 Å². The number of nitrogens with one attached hydrogen (secondary N) is 2. The number of para-hydroxylation sites is 1. The Morgan fingerprint density at radius 2 is 2.07 bits per heavy atom. The Hall–Kier alpha value is -3.01. The van der Waals surface area contributed by atoms with Gasteiger partial charge in [0.1, 0.15) is 5.00 Å². The highest BCUT2D eigenvalue weighted by Crippen LogP contribution is 2.25. The van der Waals surface area contributed by atoms with Gasteiger partial charge < -0.3 is 9.47 Å². The molecule has 0 saturated carbocycles. The topological polar surface area (TPSA) is 102 Å². The molecule has 0 aliphatic heterocycles. The second kappa shape index (κ2) is 9.79. The average Bonchev–Trinajstić information content (AvgIpc) is 3.01. The maximum absolute atomic E-state index is 13.6. The number of carbonyl (C=O) groups is 2. The Balaban J connectivity index is 2.05. The minimum atomic E-state index is -0.965. The first kappa shape index (κ1) is 21.3. The highest BCUT2D eigenvalue weighted by atomic mass is 32.1. The van der Waals surface area contributed by atoms with Crippen molar-refractivity contribution in [3.05, 3.63) is 41.3 Å². The van der Waals surface area contributed by atoms with Gasteiger partial charge in [-0.05, 0) is 51.4 Å². The van der Waals surface area contributed by atoms with Gasteiger partial charge in [-0.2, -0.15) is 9.47 Å². The predicted molar refractivity (Wildman–Crippen MR) is 104 cm³/mol. The van der Waals surface area contributed by atoms with Gasteiger partial charge in [0.25, 0.3) is 5.91 Å². The number of carbonyl (C=O) groups excluding carboxylic acids is 2. The molecule has 8 nitrogen and oxygen atoms in total. The number of hydrogen-bond acceptors (Lipinski definition) is 7. The molecule has 2 aromatic rings. The minimum absolute atomic E-state index is 0.0235. The smallest absolute Gasteiger partial charge is 0.412 e. The van der Waals surface area contributed by atoms with Crippen LogP contribution in [-0.4, -0.2) is 34.8 Å². The third kappa shape index (κ3) is 5.49. The predicted octanol–water partition coefficient (Wildman–Crippen LogP) is 3.47. The van der Waals surface area contributed by atoms with Crippen molar-refractivity contribution in [2.24, 2.45) is 5.10 Å². The molecular formula is C18H21FN4O4S. The van der Waals surface area contributed by atoms with E-state index in [0.717, 1.165) is 11.5 Å². The van der Waals surface area contributed by atoms with Gasteiger partial charge in [-0.15, -0.1) is 0 Å². The number of anilines is 1. The standard InChI is InChI=1S/C18H21FN4O4S/c1-5-26-18(25)20-17-15(11(3)23-28-17)10(2)21-22-16(24)12(4)27-14-9-7-6-8-13(14)19/h6-9,12H,5H2,1-4H3,(H,20,25)(H,22,24)/b21-10+/t12-/m0/s1. The van der Waals surface area contributed by atoms with Crippen LogP contribution in [0.1, 0.15) is 32.0 Å². The molecule has 0 radical (unpaired) electrons. The SMILES string of the molecule is CCOC(=O)Nc1snc(C)c1/C(C)=N/NC(=O)[C@H](C)Oc1ccccc1F. The molecule has 0 fully saturated rings. The summed E-state index contributed by atoms with van der Waals surface area (Å²) in [6.07, 6.45) is -1.57. The van der Waals surface area contributed by atoms with Crippen molar-refractivity contribution in [1.29, 1.82) is 0 Å². The minimum Gasteiger partial charge on any atom is -0.478 e. The fourth-order valence-corrected chi connectivity index (χ4v) is 3.05. The van der Waals surface area contributed by atoms with Crippen molar-refractivity contribution in [2.45, 2.75) is 33.8 Å². The van der Waals surface area contributed by atoms with E-state index < -0.39 is 23.9 Å². The van der Waals surface area contributed by atoms with Crippen LogP contribution < -0.4 is 15.5 Å². The highest BCUT2D eigenvalue weighted by Gasteiger charge is 2.19. The lowest BCUT2D eigenvalue weighted by atomic mass is 10.2. The van der Waals surface area contributed by atoms with Gasteiger partial charge in [0, 0.05) is 0 Å². The molecule has 0 bridgehead atoms. The quantitative estimate of drug-likeness (QED) is 0.540. The number of hydrogen-bond donors (Lipinski definition) is 2. The summed E-state index contributed by atoms with van der Waals surface area (Å²) in [6, 6.07) is 5.81. The lowest BCUT2D eigenvalue weighted by Gasteiger charge is -2.13. The average molecular weight is 408 g/mol. The van der Waals surface area contributed by atoms with E-state index in [0.29, 0.717) is 22.0 Å². The molecule has 2 N–H and O–H groups in total. The number of halogens is 1. The van der Waals surface area contributed by atoms with Crippen molar-refractivity contribution in [3.63, 3.8) is 0 Å². The van der Waals surface area contributed by atoms with Crippen LogP contribution in [0.5, 0.6) is 5.75 Å². The van der Waals surface area contributed by atoms with Crippen molar-refractivity contribution in [2.75, 3.05) is 11.9 Å². The summed E-state index contributed by atoms with van der Waals surface area (Å²) in [5.74, 6) is -1.13. The van der Waals surface area contributed by atoms with Crippen molar-refractivity contribution in [3.8, 4) is 5.75 Å². The van der Waals surface area contributed by atoms with Crippen LogP contribution in [0, 0.1) is 12.7 Å². The summed E-state index contributed by atoms with van der Waals surface area (Å²) in [5, 5.41) is 7.10. The Morgan fingerprint density at radius 1 is 1.36 bits per heavy atom. The molecule has 0 aliphatic rings. The number of benzene rings is 1. The van der Waals surface area contributed by atoms with Crippen LogP contribution in [0.15, 0.2) is 29.4 Å². The summed E-state index contributed by atoms with van der Waals surface area (Å²) in [6.45, 7) is 6.84. The summed E-state index contributed by atoms with van der Waals surface area (Å²) in [4.78, 5) is 23.8. The van der Waals surface area contributed by atoms with Gasteiger partial charge in [-0.3, -0.25) is 10.1 Å². The van der Waals surface area contributed by atoms with Gasteiger partial charge in [0.05, 0.1) is 23.6 Å². The lowest BCUT2D eigenvalue weighted by Crippen LogP contribution is -2.34. The second-order valence-electron chi connectivity index (χ2n) is 5.68. The number of hydrazone groups is 1. The van der Waals surface area contributed by atoms with Crippen molar-refractivity contribution in [1.82, 2.24) is 9.80 Å².